The third kappa shape index (κ3) is 2.23. The van der Waals surface area contributed by atoms with Crippen molar-refractivity contribution in [3.8, 4) is 0 Å². The molecule has 2 nitrogen and oxygen atoms in total. The number of rotatable bonds is 3. The lowest BCUT2D eigenvalue weighted by molar-refractivity contribution is 0.506. The van der Waals surface area contributed by atoms with E-state index in [1.165, 1.54) is 0 Å². The summed E-state index contributed by atoms with van der Waals surface area (Å²) in [6.07, 6.45) is 3.55. The second-order valence-corrected chi connectivity index (χ2v) is 4.88. The molecule has 3 aromatic rings. The maximum atomic E-state index is 13.5. The van der Waals surface area contributed by atoms with Crippen molar-refractivity contribution in [3.05, 3.63) is 82.4 Å². The van der Waals surface area contributed by atoms with Gasteiger partial charge < -0.3 is 9.97 Å². The molecule has 0 saturated heterocycles. The van der Waals surface area contributed by atoms with E-state index >= 15 is 0 Å². The van der Waals surface area contributed by atoms with Crippen LogP contribution in [0.1, 0.15) is 22.9 Å². The molecule has 2 N–H and O–H groups in total. The Morgan fingerprint density at radius 2 is 1.45 bits per heavy atom. The van der Waals surface area contributed by atoms with Gasteiger partial charge in [-0.05, 0) is 42.0 Å². The molecule has 5 heteroatoms. The number of benzene rings is 1. The minimum atomic E-state index is -0.949. The Balaban J connectivity index is 2.18. The quantitative estimate of drug-likeness (QED) is 0.668. The molecule has 0 aliphatic rings. The molecule has 0 unspecified atom stereocenters. The summed E-state index contributed by atoms with van der Waals surface area (Å²) in [6.45, 7) is 0. The van der Waals surface area contributed by atoms with Crippen LogP contribution in [0.25, 0.3) is 0 Å². The van der Waals surface area contributed by atoms with Crippen molar-refractivity contribution >= 4 is 11.6 Å². The Bertz CT molecular complexity index is 672. The van der Waals surface area contributed by atoms with E-state index in [0.29, 0.717) is 5.56 Å². The number of hydrogen-bond acceptors (Lipinski definition) is 0. The first-order chi connectivity index (χ1) is 9.66. The van der Waals surface area contributed by atoms with Crippen LogP contribution in [0.5, 0.6) is 0 Å². The first-order valence-corrected chi connectivity index (χ1v) is 6.45. The number of aromatic amines is 2. The fourth-order valence-corrected chi connectivity index (χ4v) is 2.57. The van der Waals surface area contributed by atoms with Crippen LogP contribution < -0.4 is 0 Å². The molecule has 0 saturated carbocycles. The van der Waals surface area contributed by atoms with Gasteiger partial charge in [-0.1, -0.05) is 11.6 Å². The van der Waals surface area contributed by atoms with E-state index in [9.17, 15) is 8.78 Å². The SMILES string of the molecule is Fc1cc(Cl)c(C(c2ccc[nH]2)c2ccc[nH]2)cc1F. The molecule has 1 aromatic carbocycles. The molecular weight excluding hydrogens is 282 g/mol. The van der Waals surface area contributed by atoms with Gasteiger partial charge in [-0.15, -0.1) is 0 Å². The first-order valence-electron chi connectivity index (χ1n) is 6.08. The van der Waals surface area contributed by atoms with Gasteiger partial charge in [-0.25, -0.2) is 8.78 Å². The Morgan fingerprint density at radius 3 is 1.95 bits per heavy atom. The third-order valence-corrected chi connectivity index (χ3v) is 3.54. The number of aromatic nitrogens is 2. The lowest BCUT2D eigenvalue weighted by atomic mass is 9.92. The maximum Gasteiger partial charge on any atom is 0.160 e. The third-order valence-electron chi connectivity index (χ3n) is 3.22. The highest BCUT2D eigenvalue weighted by atomic mass is 35.5. The van der Waals surface area contributed by atoms with E-state index in [2.05, 4.69) is 9.97 Å². The van der Waals surface area contributed by atoms with Crippen molar-refractivity contribution in [2.45, 2.75) is 5.92 Å². The van der Waals surface area contributed by atoms with Crippen LogP contribution in [0, 0.1) is 11.6 Å². The van der Waals surface area contributed by atoms with Gasteiger partial charge in [0.2, 0.25) is 0 Å². The van der Waals surface area contributed by atoms with E-state index in [1.54, 1.807) is 12.4 Å². The molecule has 0 aliphatic heterocycles. The Kier molecular flexibility index (Phi) is 3.32. The van der Waals surface area contributed by atoms with Gasteiger partial charge in [0.25, 0.3) is 0 Å². The van der Waals surface area contributed by atoms with Crippen LogP contribution in [0.4, 0.5) is 8.78 Å². The molecule has 0 spiro atoms. The average molecular weight is 293 g/mol. The number of H-pyrrole nitrogens is 2. The highest BCUT2D eigenvalue weighted by Gasteiger charge is 2.22. The molecule has 20 heavy (non-hydrogen) atoms. The summed E-state index contributed by atoms with van der Waals surface area (Å²) in [5.74, 6) is -2.16. The molecule has 3 rings (SSSR count). The molecule has 0 amide bonds. The van der Waals surface area contributed by atoms with Crippen LogP contribution >= 0.6 is 11.6 Å². The van der Waals surface area contributed by atoms with Crippen LogP contribution in [-0.2, 0) is 0 Å². The van der Waals surface area contributed by atoms with E-state index < -0.39 is 11.6 Å². The van der Waals surface area contributed by atoms with E-state index in [4.69, 9.17) is 11.6 Å². The van der Waals surface area contributed by atoms with Crippen LogP contribution in [-0.4, -0.2) is 9.97 Å². The molecule has 2 aromatic heterocycles. The standard InChI is InChI=1S/C15H11ClF2N2/c16-10-8-12(18)11(17)7-9(10)15(13-3-1-5-19-13)14-4-2-6-20-14/h1-8,15,19-20H. The minimum Gasteiger partial charge on any atom is -0.364 e. The lowest BCUT2D eigenvalue weighted by Gasteiger charge is -2.17. The first kappa shape index (κ1) is 12.9. The number of hydrogen-bond donors (Lipinski definition) is 2. The maximum absolute atomic E-state index is 13.5. The topological polar surface area (TPSA) is 31.6 Å². The predicted octanol–water partition coefficient (Wildman–Crippen LogP) is 4.45. The van der Waals surface area contributed by atoms with Crippen LogP contribution in [0.3, 0.4) is 0 Å². The summed E-state index contributed by atoms with van der Waals surface area (Å²) in [7, 11) is 0. The van der Waals surface area contributed by atoms with Crippen molar-refractivity contribution in [2.75, 3.05) is 0 Å². The van der Waals surface area contributed by atoms with Crippen LogP contribution in [0.2, 0.25) is 5.02 Å². The van der Waals surface area contributed by atoms with Gasteiger partial charge in [-0.3, -0.25) is 0 Å². The average Bonchev–Trinajstić information content (AvgIpc) is 3.09. The lowest BCUT2D eigenvalue weighted by Crippen LogP contribution is -2.06. The fourth-order valence-electron chi connectivity index (χ4n) is 2.31. The van der Waals surface area contributed by atoms with Gasteiger partial charge in [0.1, 0.15) is 0 Å². The molecule has 102 valence electrons. The normalized spacial score (nSPS) is 11.2. The molecule has 0 bridgehead atoms. The monoisotopic (exact) mass is 292 g/mol. The van der Waals surface area contributed by atoms with E-state index in [1.807, 2.05) is 24.3 Å². The fraction of sp³-hybridized carbons (Fsp3) is 0.0667. The van der Waals surface area contributed by atoms with Crippen molar-refractivity contribution < 1.29 is 8.78 Å². The van der Waals surface area contributed by atoms with Crippen molar-refractivity contribution in [1.82, 2.24) is 9.97 Å². The zero-order chi connectivity index (χ0) is 14.1. The summed E-state index contributed by atoms with van der Waals surface area (Å²) in [4.78, 5) is 6.18. The van der Waals surface area contributed by atoms with Gasteiger partial charge >= 0.3 is 0 Å². The van der Waals surface area contributed by atoms with Gasteiger partial charge in [-0.2, -0.15) is 0 Å². The molecule has 2 heterocycles. The Labute approximate surface area is 119 Å². The Morgan fingerprint density at radius 1 is 0.900 bits per heavy atom. The van der Waals surface area contributed by atoms with Gasteiger partial charge in [0, 0.05) is 28.8 Å². The molecule has 0 fully saturated rings. The summed E-state index contributed by atoms with van der Waals surface area (Å²) >= 11 is 6.10. The summed E-state index contributed by atoms with van der Waals surface area (Å²) in [5, 5.41) is 0.193. The smallest absolute Gasteiger partial charge is 0.160 e. The van der Waals surface area contributed by atoms with Crippen molar-refractivity contribution in [3.63, 3.8) is 0 Å². The second-order valence-electron chi connectivity index (χ2n) is 4.47. The van der Waals surface area contributed by atoms with Crippen molar-refractivity contribution in [2.24, 2.45) is 0 Å². The van der Waals surface area contributed by atoms with E-state index in [-0.39, 0.29) is 10.9 Å². The zero-order valence-corrected chi connectivity index (χ0v) is 11.1. The summed E-state index contributed by atoms with van der Waals surface area (Å²) in [5.41, 5.74) is 2.20. The van der Waals surface area contributed by atoms with Crippen LogP contribution in [0.15, 0.2) is 48.8 Å². The Hall–Kier alpha value is -2.07. The predicted molar refractivity (Wildman–Crippen MR) is 73.9 cm³/mol. The highest BCUT2D eigenvalue weighted by molar-refractivity contribution is 6.31. The van der Waals surface area contributed by atoms with Crippen molar-refractivity contribution in [1.29, 1.82) is 0 Å². The second kappa shape index (κ2) is 5.13. The zero-order valence-electron chi connectivity index (χ0n) is 10.3. The molecular formula is C15H11ClF2N2. The van der Waals surface area contributed by atoms with E-state index in [0.717, 1.165) is 23.5 Å². The summed E-state index contributed by atoms with van der Waals surface area (Å²) < 4.78 is 26.8. The minimum absolute atomic E-state index is 0.193. The highest BCUT2D eigenvalue weighted by Crippen LogP contribution is 2.35. The van der Waals surface area contributed by atoms with Gasteiger partial charge in [0.15, 0.2) is 11.6 Å². The number of nitrogens with one attached hydrogen (secondary N) is 2. The largest absolute Gasteiger partial charge is 0.364 e. The van der Waals surface area contributed by atoms with Gasteiger partial charge in [0.05, 0.1) is 5.92 Å². The summed E-state index contributed by atoms with van der Waals surface area (Å²) in [6, 6.07) is 9.60. The number of halogens is 3. The molecule has 0 radical (unpaired) electrons. The molecule has 0 atom stereocenters. The molecule has 0 aliphatic carbocycles.